The Kier molecular flexibility index (Phi) is 2.40. The van der Waals surface area contributed by atoms with Crippen molar-refractivity contribution in [2.45, 2.75) is 0 Å². The van der Waals surface area contributed by atoms with E-state index in [1.807, 2.05) is 0 Å². The second-order valence-electron chi connectivity index (χ2n) is 3.57. The highest BCUT2D eigenvalue weighted by molar-refractivity contribution is 7.89. The molecule has 0 aliphatic heterocycles. The predicted octanol–water partition coefficient (Wildman–Crippen LogP) is 0.268. The van der Waals surface area contributed by atoms with Crippen LogP contribution in [0.3, 0.4) is 0 Å². The highest BCUT2D eigenvalue weighted by atomic mass is 32.2. The van der Waals surface area contributed by atoms with Gasteiger partial charge in [0.15, 0.2) is 0 Å². The summed E-state index contributed by atoms with van der Waals surface area (Å²) in [5.74, 6) is -3.14. The second kappa shape index (κ2) is 3.50. The molecular formula is C10H8O5S. The number of rotatable bonds is 1. The van der Waals surface area contributed by atoms with Crippen LogP contribution in [-0.4, -0.2) is 24.5 Å². The summed E-state index contributed by atoms with van der Waals surface area (Å²) < 4.78 is 31.1. The van der Waals surface area contributed by atoms with Crippen molar-refractivity contribution in [3.05, 3.63) is 35.3 Å². The molecule has 1 N–H and O–H groups in total. The van der Waals surface area contributed by atoms with E-state index in [2.05, 4.69) is 0 Å². The maximum absolute atomic E-state index is 11.5. The van der Waals surface area contributed by atoms with Gasteiger partial charge in [-0.25, -0.2) is 0 Å². The van der Waals surface area contributed by atoms with Gasteiger partial charge in [0.25, 0.3) is 10.1 Å². The van der Waals surface area contributed by atoms with Crippen LogP contribution >= 0.6 is 0 Å². The van der Waals surface area contributed by atoms with E-state index >= 15 is 0 Å². The molecule has 84 valence electrons. The fourth-order valence-corrected chi connectivity index (χ4v) is 2.66. The van der Waals surface area contributed by atoms with E-state index in [0.29, 0.717) is 6.08 Å². The minimum Gasteiger partial charge on any atom is -0.290 e. The van der Waals surface area contributed by atoms with Crippen molar-refractivity contribution in [1.29, 1.82) is 0 Å². The average molecular weight is 240 g/mol. The normalized spacial score (nSPS) is 28.9. The molecule has 2 aliphatic rings. The zero-order chi connectivity index (χ0) is 11.9. The monoisotopic (exact) mass is 240 g/mol. The molecule has 16 heavy (non-hydrogen) atoms. The van der Waals surface area contributed by atoms with E-state index in [9.17, 15) is 18.0 Å². The molecule has 0 bridgehead atoms. The number of fused-ring (bicyclic) bond motifs is 1. The topological polar surface area (TPSA) is 88.5 Å². The maximum Gasteiger partial charge on any atom is 0.291 e. The van der Waals surface area contributed by atoms with Gasteiger partial charge in [0.05, 0.1) is 10.8 Å². The summed E-state index contributed by atoms with van der Waals surface area (Å²) in [5.41, 5.74) is 0. The van der Waals surface area contributed by atoms with Crippen molar-refractivity contribution < 1.29 is 22.6 Å². The summed E-state index contributed by atoms with van der Waals surface area (Å²) in [7, 11) is -4.45. The lowest BCUT2D eigenvalue weighted by Gasteiger charge is -2.26. The molecule has 5 nitrogen and oxygen atoms in total. The van der Waals surface area contributed by atoms with Crippen LogP contribution in [0.5, 0.6) is 0 Å². The van der Waals surface area contributed by atoms with E-state index < -0.39 is 38.4 Å². The van der Waals surface area contributed by atoms with Crippen molar-refractivity contribution >= 4 is 21.7 Å². The number of hydrogen-bond donors (Lipinski definition) is 1. The lowest BCUT2D eigenvalue weighted by molar-refractivity contribution is -0.136. The van der Waals surface area contributed by atoms with Crippen LogP contribution in [0.4, 0.5) is 0 Å². The molecule has 0 aromatic carbocycles. The Balaban J connectivity index is 2.59. The molecule has 0 fully saturated rings. The fraction of sp³-hybridized carbons (Fsp3) is 0.200. The van der Waals surface area contributed by atoms with Crippen LogP contribution in [-0.2, 0) is 19.7 Å². The van der Waals surface area contributed by atoms with Crippen LogP contribution in [0.25, 0.3) is 0 Å². The van der Waals surface area contributed by atoms with E-state index in [4.69, 9.17) is 4.55 Å². The van der Waals surface area contributed by atoms with Crippen LogP contribution in [0.2, 0.25) is 0 Å². The first-order chi connectivity index (χ1) is 7.41. The van der Waals surface area contributed by atoms with Gasteiger partial charge in [-0.2, -0.15) is 8.42 Å². The van der Waals surface area contributed by atoms with Crippen molar-refractivity contribution in [1.82, 2.24) is 0 Å². The number of carbonyl (C=O) groups excluding carboxylic acids is 2. The van der Waals surface area contributed by atoms with Gasteiger partial charge >= 0.3 is 0 Å². The standard InChI is InChI=1S/C10H8O5S/c11-8-5-9(16(13,14)15)6-3-1-2-4-7(6)10(8)12/h1-7H,(H,13,14,15)/t6-,7+/m1/s1. The molecule has 0 radical (unpaired) electrons. The Hall–Kier alpha value is -1.53. The SMILES string of the molecule is O=C1C=C(S(=O)(=O)O)[C@@H]2C=CC=C[C@@H]2C1=O. The van der Waals surface area contributed by atoms with Crippen molar-refractivity contribution in [2.24, 2.45) is 11.8 Å². The average Bonchev–Trinajstić information content (AvgIpc) is 2.22. The third-order valence-corrected chi connectivity index (χ3v) is 3.57. The molecular weight excluding hydrogens is 232 g/mol. The molecule has 2 atom stereocenters. The quantitative estimate of drug-likeness (QED) is 0.525. The third-order valence-electron chi connectivity index (χ3n) is 2.58. The van der Waals surface area contributed by atoms with Gasteiger partial charge in [0.2, 0.25) is 11.6 Å². The van der Waals surface area contributed by atoms with Gasteiger partial charge in [0, 0.05) is 12.0 Å². The summed E-state index contributed by atoms with van der Waals surface area (Å²) >= 11 is 0. The van der Waals surface area contributed by atoms with Gasteiger partial charge in [-0.1, -0.05) is 24.3 Å². The van der Waals surface area contributed by atoms with Crippen LogP contribution in [0.1, 0.15) is 0 Å². The largest absolute Gasteiger partial charge is 0.291 e. The van der Waals surface area contributed by atoms with Crippen LogP contribution in [0, 0.1) is 11.8 Å². The molecule has 0 amide bonds. The molecule has 2 rings (SSSR count). The van der Waals surface area contributed by atoms with Crippen molar-refractivity contribution in [3.63, 3.8) is 0 Å². The summed E-state index contributed by atoms with van der Waals surface area (Å²) in [6.45, 7) is 0. The summed E-state index contributed by atoms with van der Waals surface area (Å²) in [6, 6.07) is 0. The first kappa shape index (κ1) is 11.0. The summed E-state index contributed by atoms with van der Waals surface area (Å²) in [5, 5.41) is 0. The van der Waals surface area contributed by atoms with Crippen LogP contribution in [0.15, 0.2) is 35.3 Å². The molecule has 6 heteroatoms. The van der Waals surface area contributed by atoms with Gasteiger partial charge in [-0.05, 0) is 0 Å². The fourth-order valence-electron chi connectivity index (χ4n) is 1.84. The molecule has 0 saturated heterocycles. The molecule has 2 aliphatic carbocycles. The van der Waals surface area contributed by atoms with Crippen molar-refractivity contribution in [3.8, 4) is 0 Å². The zero-order valence-electron chi connectivity index (χ0n) is 8.03. The van der Waals surface area contributed by atoms with Gasteiger partial charge in [-0.15, -0.1) is 0 Å². The summed E-state index contributed by atoms with van der Waals surface area (Å²) in [6.07, 6.45) is 6.78. The molecule has 0 heterocycles. The number of carbonyl (C=O) groups is 2. The lowest BCUT2D eigenvalue weighted by atomic mass is 9.80. The van der Waals surface area contributed by atoms with E-state index in [-0.39, 0.29) is 0 Å². The number of allylic oxidation sites excluding steroid dienone is 6. The van der Waals surface area contributed by atoms with E-state index in [1.54, 1.807) is 12.2 Å². The van der Waals surface area contributed by atoms with Crippen molar-refractivity contribution in [2.75, 3.05) is 0 Å². The number of Topliss-reactive ketones (excluding diaryl/α,β-unsaturated/α-hetero) is 1. The molecule has 0 spiro atoms. The second-order valence-corrected chi connectivity index (χ2v) is 4.99. The van der Waals surface area contributed by atoms with Gasteiger partial charge in [-0.3, -0.25) is 14.1 Å². The first-order valence-corrected chi connectivity index (χ1v) is 5.97. The molecule has 0 saturated carbocycles. The highest BCUT2D eigenvalue weighted by Gasteiger charge is 2.40. The van der Waals surface area contributed by atoms with Crippen LogP contribution < -0.4 is 0 Å². The Bertz CT molecular complexity index is 550. The van der Waals surface area contributed by atoms with E-state index in [1.165, 1.54) is 12.2 Å². The maximum atomic E-state index is 11.5. The molecule has 0 aromatic heterocycles. The summed E-state index contributed by atoms with van der Waals surface area (Å²) in [4.78, 5) is 22.3. The Morgan fingerprint density at radius 3 is 2.19 bits per heavy atom. The molecule has 0 unspecified atom stereocenters. The lowest BCUT2D eigenvalue weighted by Crippen LogP contribution is -2.35. The minimum absolute atomic E-state index is 0.414. The number of hydrogen-bond acceptors (Lipinski definition) is 4. The predicted molar refractivity (Wildman–Crippen MR) is 54.9 cm³/mol. The Morgan fingerprint density at radius 1 is 1.06 bits per heavy atom. The van der Waals surface area contributed by atoms with E-state index in [0.717, 1.165) is 0 Å². The zero-order valence-corrected chi connectivity index (χ0v) is 8.85. The third kappa shape index (κ3) is 1.66. The van der Waals surface area contributed by atoms with Gasteiger partial charge in [0.1, 0.15) is 0 Å². The number of ketones is 2. The Labute approximate surface area is 91.9 Å². The van der Waals surface area contributed by atoms with Gasteiger partial charge < -0.3 is 0 Å². The highest BCUT2D eigenvalue weighted by Crippen LogP contribution is 2.33. The smallest absolute Gasteiger partial charge is 0.290 e. The minimum atomic E-state index is -4.45. The first-order valence-electron chi connectivity index (χ1n) is 4.53. The molecule has 0 aromatic rings. The Morgan fingerprint density at radius 2 is 1.62 bits per heavy atom.